The second-order valence-electron chi connectivity index (χ2n) is 5.54. The molecular weight excluding hydrogens is 254 g/mol. The molecule has 1 amide bonds. The zero-order chi connectivity index (χ0) is 13.9. The monoisotopic (exact) mass is 275 g/mol. The number of aromatic nitrogens is 1. The van der Waals surface area contributed by atoms with E-state index in [4.69, 9.17) is 4.74 Å². The molecule has 2 saturated heterocycles. The van der Waals surface area contributed by atoms with E-state index >= 15 is 0 Å². The van der Waals surface area contributed by atoms with Crippen LogP contribution in [0.2, 0.25) is 0 Å². The van der Waals surface area contributed by atoms with E-state index in [2.05, 4.69) is 21.3 Å². The number of rotatable bonds is 3. The molecule has 108 valence electrons. The number of pyridine rings is 1. The first-order chi connectivity index (χ1) is 9.78. The summed E-state index contributed by atoms with van der Waals surface area (Å²) >= 11 is 0. The van der Waals surface area contributed by atoms with Gasteiger partial charge in [0.2, 0.25) is 5.91 Å². The Hall–Kier alpha value is -1.46. The first-order valence-electron chi connectivity index (χ1n) is 7.28. The fourth-order valence-corrected chi connectivity index (χ4v) is 3.29. The summed E-state index contributed by atoms with van der Waals surface area (Å²) in [6, 6.07) is 4.52. The maximum absolute atomic E-state index is 11.7. The highest BCUT2D eigenvalue weighted by Gasteiger charge is 2.41. The van der Waals surface area contributed by atoms with Gasteiger partial charge in [0.05, 0.1) is 6.10 Å². The maximum atomic E-state index is 11.7. The minimum absolute atomic E-state index is 0.00848. The van der Waals surface area contributed by atoms with Crippen molar-refractivity contribution in [3.05, 3.63) is 30.1 Å². The van der Waals surface area contributed by atoms with Crippen molar-refractivity contribution in [2.45, 2.75) is 44.1 Å². The molecule has 20 heavy (non-hydrogen) atoms. The fraction of sp³-hybridized carbons (Fsp3) is 0.600. The van der Waals surface area contributed by atoms with Gasteiger partial charge in [-0.15, -0.1) is 0 Å². The van der Waals surface area contributed by atoms with Crippen molar-refractivity contribution < 1.29 is 9.53 Å². The summed E-state index contributed by atoms with van der Waals surface area (Å²) in [4.78, 5) is 18.3. The van der Waals surface area contributed by atoms with E-state index in [9.17, 15) is 4.79 Å². The second kappa shape index (κ2) is 5.89. The van der Waals surface area contributed by atoms with Gasteiger partial charge in [-0.2, -0.15) is 0 Å². The zero-order valence-corrected chi connectivity index (χ0v) is 11.8. The van der Waals surface area contributed by atoms with Crippen LogP contribution in [0, 0.1) is 0 Å². The van der Waals surface area contributed by atoms with Crippen molar-refractivity contribution >= 4 is 5.91 Å². The normalized spacial score (nSPS) is 29.9. The molecule has 3 atom stereocenters. The molecular formula is C15H21N3O2. The lowest BCUT2D eigenvalue weighted by Crippen LogP contribution is -2.47. The predicted molar refractivity (Wildman–Crippen MR) is 75.0 cm³/mol. The van der Waals surface area contributed by atoms with Gasteiger partial charge in [-0.3, -0.25) is 14.7 Å². The van der Waals surface area contributed by atoms with Crippen LogP contribution in [0.1, 0.15) is 24.8 Å². The molecule has 0 unspecified atom stereocenters. The van der Waals surface area contributed by atoms with Gasteiger partial charge in [0.15, 0.2) is 0 Å². The Morgan fingerprint density at radius 3 is 3.15 bits per heavy atom. The van der Waals surface area contributed by atoms with Crippen molar-refractivity contribution in [2.24, 2.45) is 0 Å². The quantitative estimate of drug-likeness (QED) is 0.892. The average Bonchev–Trinajstić information content (AvgIpc) is 2.90. The summed E-state index contributed by atoms with van der Waals surface area (Å²) in [7, 11) is 1.67. The number of likely N-dealkylation sites (tertiary alicyclic amines) is 1. The summed E-state index contributed by atoms with van der Waals surface area (Å²) in [5, 5.41) is 2.68. The van der Waals surface area contributed by atoms with Crippen LogP contribution in [0.25, 0.3) is 0 Å². The first kappa shape index (κ1) is 13.5. The number of amides is 1. The maximum Gasteiger partial charge on any atom is 0.248 e. The lowest BCUT2D eigenvalue weighted by molar-refractivity contribution is -0.143. The van der Waals surface area contributed by atoms with Crippen molar-refractivity contribution in [1.29, 1.82) is 0 Å². The van der Waals surface area contributed by atoms with E-state index < -0.39 is 0 Å². The zero-order valence-electron chi connectivity index (χ0n) is 11.8. The van der Waals surface area contributed by atoms with Gasteiger partial charge in [-0.05, 0) is 30.9 Å². The number of carbonyl (C=O) groups excluding carboxylic acids is 1. The molecule has 2 fully saturated rings. The van der Waals surface area contributed by atoms with Crippen molar-refractivity contribution in [1.82, 2.24) is 15.2 Å². The smallest absolute Gasteiger partial charge is 0.248 e. The second-order valence-corrected chi connectivity index (χ2v) is 5.54. The summed E-state index contributed by atoms with van der Waals surface area (Å²) in [6.07, 6.45) is 6.51. The summed E-state index contributed by atoms with van der Waals surface area (Å²) in [5.74, 6) is 0.00848. The van der Waals surface area contributed by atoms with E-state index in [0.717, 1.165) is 32.4 Å². The van der Waals surface area contributed by atoms with Crippen LogP contribution in [0.15, 0.2) is 24.5 Å². The van der Waals surface area contributed by atoms with Crippen LogP contribution in [-0.4, -0.2) is 47.6 Å². The molecule has 2 aliphatic rings. The van der Waals surface area contributed by atoms with Gasteiger partial charge in [0.1, 0.15) is 6.10 Å². The fourth-order valence-electron chi connectivity index (χ4n) is 3.29. The molecule has 0 spiro atoms. The van der Waals surface area contributed by atoms with Gasteiger partial charge >= 0.3 is 0 Å². The molecule has 1 N–H and O–H groups in total. The molecule has 0 bridgehead atoms. The summed E-state index contributed by atoms with van der Waals surface area (Å²) in [6.45, 7) is 1.95. The number of fused-ring (bicyclic) bond motifs is 1. The molecule has 1 aromatic rings. The van der Waals surface area contributed by atoms with Crippen molar-refractivity contribution in [3.63, 3.8) is 0 Å². The number of nitrogens with zero attached hydrogens (tertiary/aromatic N) is 2. The highest BCUT2D eigenvalue weighted by Crippen LogP contribution is 2.32. The number of hydrogen-bond donors (Lipinski definition) is 1. The van der Waals surface area contributed by atoms with Gasteiger partial charge in [-0.25, -0.2) is 0 Å². The molecule has 3 rings (SSSR count). The van der Waals surface area contributed by atoms with Crippen LogP contribution < -0.4 is 5.32 Å². The van der Waals surface area contributed by atoms with E-state index in [1.807, 2.05) is 12.3 Å². The van der Waals surface area contributed by atoms with Crippen LogP contribution in [0.4, 0.5) is 0 Å². The Bertz CT molecular complexity index is 465. The Morgan fingerprint density at radius 2 is 2.40 bits per heavy atom. The molecule has 0 radical (unpaired) electrons. The number of hydrogen-bond acceptors (Lipinski definition) is 4. The number of ether oxygens (including phenoxy) is 1. The van der Waals surface area contributed by atoms with Gasteiger partial charge in [-0.1, -0.05) is 6.07 Å². The van der Waals surface area contributed by atoms with Crippen LogP contribution >= 0.6 is 0 Å². The third-order valence-electron chi connectivity index (χ3n) is 4.31. The number of likely N-dealkylation sites (N-methyl/N-ethyl adjacent to an activating group) is 1. The number of carbonyl (C=O) groups is 1. The van der Waals surface area contributed by atoms with E-state index in [0.29, 0.717) is 6.04 Å². The first-order valence-corrected chi connectivity index (χ1v) is 7.28. The lowest BCUT2D eigenvalue weighted by atomic mass is 9.98. The Labute approximate surface area is 119 Å². The number of nitrogens with one attached hydrogen (secondary N) is 1. The van der Waals surface area contributed by atoms with Crippen LogP contribution in [0.5, 0.6) is 0 Å². The van der Waals surface area contributed by atoms with Crippen molar-refractivity contribution in [3.8, 4) is 0 Å². The Kier molecular flexibility index (Phi) is 3.98. The lowest BCUT2D eigenvalue weighted by Gasteiger charge is -2.35. The highest BCUT2D eigenvalue weighted by molar-refractivity contribution is 5.80. The third-order valence-corrected chi connectivity index (χ3v) is 4.31. The Morgan fingerprint density at radius 1 is 1.50 bits per heavy atom. The summed E-state index contributed by atoms with van der Waals surface area (Å²) in [5.41, 5.74) is 1.24. The van der Waals surface area contributed by atoms with Crippen molar-refractivity contribution in [2.75, 3.05) is 13.6 Å². The highest BCUT2D eigenvalue weighted by atomic mass is 16.5. The SMILES string of the molecule is CNC(=O)[C@@H]1CC[C@@H]2[C@@H](CCN2Cc2cccnc2)O1. The molecule has 5 heteroatoms. The largest absolute Gasteiger partial charge is 0.363 e. The molecule has 3 heterocycles. The minimum Gasteiger partial charge on any atom is -0.363 e. The minimum atomic E-state index is -0.264. The van der Waals surface area contributed by atoms with Crippen LogP contribution in [0.3, 0.4) is 0 Å². The average molecular weight is 275 g/mol. The molecule has 2 aliphatic heterocycles. The molecule has 0 aliphatic carbocycles. The van der Waals surface area contributed by atoms with Gasteiger partial charge in [0, 0.05) is 38.6 Å². The molecule has 1 aromatic heterocycles. The van der Waals surface area contributed by atoms with Gasteiger partial charge in [0.25, 0.3) is 0 Å². The van der Waals surface area contributed by atoms with E-state index in [-0.39, 0.29) is 18.1 Å². The van der Waals surface area contributed by atoms with E-state index in [1.165, 1.54) is 5.56 Å². The van der Waals surface area contributed by atoms with E-state index in [1.54, 1.807) is 13.2 Å². The standard InChI is InChI=1S/C15H21N3O2/c1-16-15(19)14-5-4-12-13(20-14)6-8-18(12)10-11-3-2-7-17-9-11/h2-3,7,9,12-14H,4-6,8,10H2,1H3,(H,16,19)/t12-,13-,14+/m1/s1. The van der Waals surface area contributed by atoms with Crippen LogP contribution in [-0.2, 0) is 16.1 Å². The third kappa shape index (κ3) is 2.69. The Balaban J connectivity index is 1.61. The molecule has 5 nitrogen and oxygen atoms in total. The van der Waals surface area contributed by atoms with Gasteiger partial charge < -0.3 is 10.1 Å². The topological polar surface area (TPSA) is 54.5 Å². The predicted octanol–water partition coefficient (Wildman–Crippen LogP) is 0.949. The molecule has 0 aromatic carbocycles. The molecule has 0 saturated carbocycles. The summed E-state index contributed by atoms with van der Waals surface area (Å²) < 4.78 is 5.96.